The Bertz CT molecular complexity index is 390. The Morgan fingerprint density at radius 1 is 1.47 bits per heavy atom. The first-order chi connectivity index (χ1) is 7.07. The molecular weight excluding hydrogens is 212 g/mol. The number of nitrogens with one attached hydrogen (secondary N) is 1. The number of benzene rings is 1. The molecule has 1 N–H and O–H groups in total. The van der Waals surface area contributed by atoms with Crippen molar-refractivity contribution in [1.82, 2.24) is 5.32 Å². The second-order valence-corrected chi connectivity index (χ2v) is 3.48. The first-order valence-electron chi connectivity index (χ1n) is 4.49. The fourth-order valence-corrected chi connectivity index (χ4v) is 1.45. The van der Waals surface area contributed by atoms with E-state index in [9.17, 15) is 4.79 Å². The summed E-state index contributed by atoms with van der Waals surface area (Å²) in [5.41, 5.74) is 1.24. The number of hydrogen-bond donors (Lipinski definition) is 1. The van der Waals surface area contributed by atoms with Crippen molar-refractivity contribution in [3.8, 4) is 0 Å². The lowest BCUT2D eigenvalue weighted by molar-refractivity contribution is 0.249. The number of nitrogens with zero attached hydrogens (tertiary/aromatic N) is 1. The molecule has 80 valence electrons. The van der Waals surface area contributed by atoms with Gasteiger partial charge in [0.05, 0.1) is 10.7 Å². The molecule has 1 rings (SSSR count). The maximum absolute atomic E-state index is 11.6. The third-order valence-corrected chi connectivity index (χ3v) is 2.21. The molecule has 0 aliphatic rings. The van der Waals surface area contributed by atoms with E-state index < -0.39 is 0 Å². The van der Waals surface area contributed by atoms with Crippen LogP contribution in [0.4, 0.5) is 10.5 Å². The molecule has 0 bridgehead atoms. The molecule has 15 heavy (non-hydrogen) atoms. The van der Waals surface area contributed by atoms with Gasteiger partial charge >= 0.3 is 6.03 Å². The lowest BCUT2D eigenvalue weighted by Gasteiger charge is -2.22. The molecule has 0 aromatic heterocycles. The van der Waals surface area contributed by atoms with Crippen molar-refractivity contribution in [2.75, 3.05) is 11.9 Å². The highest BCUT2D eigenvalue weighted by Crippen LogP contribution is 2.27. The average molecular weight is 225 g/mol. The standard InChI is InChI=1S/C11H13ClN2O/c1-8(2)14(11(15)13-3)10-7-5-4-6-9(10)12/h4-7H,1H2,2-3H3,(H,13,15). The summed E-state index contributed by atoms with van der Waals surface area (Å²) in [6, 6.07) is 6.88. The molecule has 0 aliphatic heterocycles. The highest BCUT2D eigenvalue weighted by molar-refractivity contribution is 6.33. The minimum atomic E-state index is -0.254. The van der Waals surface area contributed by atoms with E-state index in [1.54, 1.807) is 26.1 Å². The van der Waals surface area contributed by atoms with Crippen LogP contribution in [0.5, 0.6) is 0 Å². The van der Waals surface area contributed by atoms with E-state index in [0.29, 0.717) is 16.4 Å². The van der Waals surface area contributed by atoms with E-state index >= 15 is 0 Å². The third-order valence-electron chi connectivity index (χ3n) is 1.89. The van der Waals surface area contributed by atoms with Gasteiger partial charge in [-0.1, -0.05) is 30.3 Å². The number of amides is 2. The summed E-state index contributed by atoms with van der Waals surface area (Å²) in [6.07, 6.45) is 0. The molecule has 0 radical (unpaired) electrons. The second-order valence-electron chi connectivity index (χ2n) is 3.08. The number of allylic oxidation sites excluding steroid dienone is 1. The van der Waals surface area contributed by atoms with Crippen LogP contribution in [-0.4, -0.2) is 13.1 Å². The molecule has 1 aromatic rings. The Kier molecular flexibility index (Phi) is 3.74. The van der Waals surface area contributed by atoms with Crippen molar-refractivity contribution in [2.24, 2.45) is 0 Å². The molecule has 0 heterocycles. The number of hydrogen-bond acceptors (Lipinski definition) is 1. The molecule has 3 nitrogen and oxygen atoms in total. The number of anilines is 1. The molecule has 4 heteroatoms. The maximum atomic E-state index is 11.6. The van der Waals surface area contributed by atoms with E-state index in [0.717, 1.165) is 0 Å². The molecule has 0 aliphatic carbocycles. The van der Waals surface area contributed by atoms with Crippen LogP contribution in [0.2, 0.25) is 5.02 Å². The molecule has 2 amide bonds. The summed E-state index contributed by atoms with van der Waals surface area (Å²) in [4.78, 5) is 13.0. The predicted octanol–water partition coefficient (Wildman–Crippen LogP) is 3.02. The van der Waals surface area contributed by atoms with Gasteiger partial charge in [0, 0.05) is 12.7 Å². The smallest absolute Gasteiger partial charge is 0.325 e. The van der Waals surface area contributed by atoms with Crippen LogP contribution in [0.25, 0.3) is 0 Å². The van der Waals surface area contributed by atoms with Crippen molar-refractivity contribution in [3.05, 3.63) is 41.6 Å². The van der Waals surface area contributed by atoms with E-state index in [2.05, 4.69) is 11.9 Å². The van der Waals surface area contributed by atoms with Crippen LogP contribution in [0, 0.1) is 0 Å². The maximum Gasteiger partial charge on any atom is 0.325 e. The number of urea groups is 1. The highest BCUT2D eigenvalue weighted by Gasteiger charge is 2.16. The molecule has 0 saturated carbocycles. The van der Waals surface area contributed by atoms with Crippen molar-refractivity contribution < 1.29 is 4.79 Å². The number of carbonyl (C=O) groups is 1. The Hall–Kier alpha value is -1.48. The fourth-order valence-electron chi connectivity index (χ4n) is 1.23. The fraction of sp³-hybridized carbons (Fsp3) is 0.182. The van der Waals surface area contributed by atoms with Crippen LogP contribution in [-0.2, 0) is 0 Å². The van der Waals surface area contributed by atoms with Crippen LogP contribution < -0.4 is 10.2 Å². The Morgan fingerprint density at radius 3 is 2.53 bits per heavy atom. The topological polar surface area (TPSA) is 32.3 Å². The average Bonchev–Trinajstić information content (AvgIpc) is 2.20. The number of rotatable bonds is 2. The molecule has 0 unspecified atom stereocenters. The first-order valence-corrected chi connectivity index (χ1v) is 4.87. The number of halogens is 1. The van der Waals surface area contributed by atoms with Gasteiger partial charge in [0.15, 0.2) is 0 Å². The number of para-hydroxylation sites is 1. The summed E-state index contributed by atoms with van der Waals surface area (Å²) < 4.78 is 0. The van der Waals surface area contributed by atoms with Crippen LogP contribution in [0.3, 0.4) is 0 Å². The van der Waals surface area contributed by atoms with Crippen molar-refractivity contribution in [2.45, 2.75) is 6.92 Å². The van der Waals surface area contributed by atoms with Gasteiger partial charge in [-0.15, -0.1) is 0 Å². The quantitative estimate of drug-likeness (QED) is 0.823. The molecule has 0 spiro atoms. The zero-order valence-electron chi connectivity index (χ0n) is 8.75. The third kappa shape index (κ3) is 2.50. The van der Waals surface area contributed by atoms with Crippen LogP contribution in [0.1, 0.15) is 6.92 Å². The van der Waals surface area contributed by atoms with Gasteiger partial charge in [-0.2, -0.15) is 0 Å². The molecule has 0 fully saturated rings. The van der Waals surface area contributed by atoms with Gasteiger partial charge in [-0.05, 0) is 19.1 Å². The van der Waals surface area contributed by atoms with Crippen LogP contribution in [0.15, 0.2) is 36.5 Å². The van der Waals surface area contributed by atoms with Crippen LogP contribution >= 0.6 is 11.6 Å². The largest absolute Gasteiger partial charge is 0.340 e. The second kappa shape index (κ2) is 4.84. The summed E-state index contributed by atoms with van der Waals surface area (Å²) in [5, 5.41) is 3.06. The van der Waals surface area contributed by atoms with Gasteiger partial charge in [0.1, 0.15) is 0 Å². The van der Waals surface area contributed by atoms with E-state index in [-0.39, 0.29) is 6.03 Å². The van der Waals surface area contributed by atoms with Crippen molar-refractivity contribution >= 4 is 23.3 Å². The van der Waals surface area contributed by atoms with Gasteiger partial charge in [0.2, 0.25) is 0 Å². The SMILES string of the molecule is C=C(C)N(C(=O)NC)c1ccccc1Cl. The minimum Gasteiger partial charge on any atom is -0.340 e. The van der Waals surface area contributed by atoms with E-state index in [1.165, 1.54) is 4.90 Å². The summed E-state index contributed by atoms with van der Waals surface area (Å²) in [6.45, 7) is 5.50. The van der Waals surface area contributed by atoms with Gasteiger partial charge in [0.25, 0.3) is 0 Å². The highest BCUT2D eigenvalue weighted by atomic mass is 35.5. The lowest BCUT2D eigenvalue weighted by Crippen LogP contribution is -2.36. The zero-order chi connectivity index (χ0) is 11.4. The molecule has 0 saturated heterocycles. The first kappa shape index (κ1) is 11.6. The summed E-state index contributed by atoms with van der Waals surface area (Å²) in [5.74, 6) is 0. The molecular formula is C11H13ClN2O. The normalized spacial score (nSPS) is 9.53. The molecule has 0 atom stereocenters. The molecule has 1 aromatic carbocycles. The minimum absolute atomic E-state index is 0.254. The van der Waals surface area contributed by atoms with Gasteiger partial charge in [-0.25, -0.2) is 4.79 Å². The van der Waals surface area contributed by atoms with E-state index in [1.807, 2.05) is 12.1 Å². The lowest BCUT2D eigenvalue weighted by atomic mass is 10.3. The summed E-state index contributed by atoms with van der Waals surface area (Å²) >= 11 is 6.00. The predicted molar refractivity (Wildman–Crippen MR) is 63.2 cm³/mol. The zero-order valence-corrected chi connectivity index (χ0v) is 9.51. The summed E-state index contributed by atoms with van der Waals surface area (Å²) in [7, 11) is 1.56. The van der Waals surface area contributed by atoms with Gasteiger partial charge in [-0.3, -0.25) is 4.90 Å². The Balaban J connectivity index is 3.16. The Morgan fingerprint density at radius 2 is 2.07 bits per heavy atom. The van der Waals surface area contributed by atoms with Gasteiger partial charge < -0.3 is 5.32 Å². The Labute approximate surface area is 94.3 Å². The number of carbonyl (C=O) groups excluding carboxylic acids is 1. The monoisotopic (exact) mass is 224 g/mol. The van der Waals surface area contributed by atoms with E-state index in [4.69, 9.17) is 11.6 Å². The van der Waals surface area contributed by atoms with Crippen molar-refractivity contribution in [3.63, 3.8) is 0 Å². The van der Waals surface area contributed by atoms with Crippen molar-refractivity contribution in [1.29, 1.82) is 0 Å².